The van der Waals surface area contributed by atoms with E-state index in [0.29, 0.717) is 29.9 Å². The summed E-state index contributed by atoms with van der Waals surface area (Å²) < 4.78 is 20.9. The van der Waals surface area contributed by atoms with Gasteiger partial charge in [0.15, 0.2) is 0 Å². The number of rotatable bonds is 4. The van der Waals surface area contributed by atoms with E-state index < -0.39 is 0 Å². The Morgan fingerprint density at radius 2 is 2.29 bits per heavy atom. The third-order valence-corrected chi connectivity index (χ3v) is 4.19. The van der Waals surface area contributed by atoms with E-state index in [1.807, 2.05) is 19.1 Å². The van der Waals surface area contributed by atoms with Crippen LogP contribution in [0.1, 0.15) is 27.7 Å². The van der Waals surface area contributed by atoms with E-state index in [1.54, 1.807) is 10.9 Å². The number of nitrogens with one attached hydrogen (secondary N) is 2. The Hall–Kier alpha value is -2.67. The molecule has 2 aromatic heterocycles. The van der Waals surface area contributed by atoms with Gasteiger partial charge in [-0.1, -0.05) is 0 Å². The number of carbonyl (C=O) groups excluding carboxylic acids is 1. The molecule has 1 aliphatic rings. The van der Waals surface area contributed by atoms with Gasteiger partial charge in [-0.05, 0) is 30.7 Å². The molecule has 0 unspecified atom stereocenters. The Labute approximate surface area is 137 Å². The number of nitrogens with zero attached hydrogens (tertiary/aromatic N) is 2. The standard InChI is InChI=1S/C17H17FN4O2/c1-10-2-12-3-11(4-15(18)16(12)21-10)5-19-17(23)13-6-20-22(7-13)14-8-24-9-14/h2-4,6-7,14,21H,5,8-9H2,1H3,(H,19,23). The van der Waals surface area contributed by atoms with Crippen molar-refractivity contribution in [2.75, 3.05) is 13.2 Å². The van der Waals surface area contributed by atoms with Crippen molar-refractivity contribution in [1.29, 1.82) is 0 Å². The number of benzene rings is 1. The van der Waals surface area contributed by atoms with Gasteiger partial charge in [0.25, 0.3) is 5.91 Å². The van der Waals surface area contributed by atoms with Gasteiger partial charge in [-0.2, -0.15) is 5.10 Å². The number of carbonyl (C=O) groups is 1. The lowest BCUT2D eigenvalue weighted by molar-refractivity contribution is -0.0286. The molecule has 0 spiro atoms. The van der Waals surface area contributed by atoms with Crippen molar-refractivity contribution >= 4 is 16.8 Å². The Balaban J connectivity index is 1.46. The van der Waals surface area contributed by atoms with Crippen molar-refractivity contribution in [2.24, 2.45) is 0 Å². The van der Waals surface area contributed by atoms with Crippen LogP contribution in [0.25, 0.3) is 10.9 Å². The van der Waals surface area contributed by atoms with Crippen LogP contribution < -0.4 is 5.32 Å². The summed E-state index contributed by atoms with van der Waals surface area (Å²) in [7, 11) is 0. The van der Waals surface area contributed by atoms with Gasteiger partial charge in [-0.25, -0.2) is 4.39 Å². The SMILES string of the molecule is Cc1cc2cc(CNC(=O)c3cnn(C4COC4)c3)cc(F)c2[nH]1. The molecule has 3 heterocycles. The minimum Gasteiger partial charge on any atom is -0.377 e. The van der Waals surface area contributed by atoms with Crippen LogP contribution in [0, 0.1) is 12.7 Å². The van der Waals surface area contributed by atoms with Gasteiger partial charge < -0.3 is 15.0 Å². The molecule has 0 aliphatic carbocycles. The molecule has 1 aromatic carbocycles. The van der Waals surface area contributed by atoms with E-state index in [0.717, 1.165) is 11.1 Å². The van der Waals surface area contributed by atoms with Crippen molar-refractivity contribution in [2.45, 2.75) is 19.5 Å². The van der Waals surface area contributed by atoms with E-state index in [1.165, 1.54) is 12.3 Å². The minimum absolute atomic E-state index is 0.208. The number of aromatic amines is 1. The zero-order valence-corrected chi connectivity index (χ0v) is 13.2. The molecule has 1 amide bonds. The molecule has 3 aromatic rings. The molecule has 4 rings (SSSR count). The largest absolute Gasteiger partial charge is 0.377 e. The maximum Gasteiger partial charge on any atom is 0.254 e. The number of H-pyrrole nitrogens is 1. The molecular formula is C17H17FN4O2. The van der Waals surface area contributed by atoms with Gasteiger partial charge >= 0.3 is 0 Å². The Morgan fingerprint density at radius 1 is 1.46 bits per heavy atom. The third kappa shape index (κ3) is 2.67. The number of halogens is 1. The van der Waals surface area contributed by atoms with Crippen LogP contribution in [0.15, 0.2) is 30.6 Å². The highest BCUT2D eigenvalue weighted by Gasteiger charge is 2.22. The highest BCUT2D eigenvalue weighted by atomic mass is 19.1. The fraction of sp³-hybridized carbons (Fsp3) is 0.294. The van der Waals surface area contributed by atoms with E-state index in [-0.39, 0.29) is 24.3 Å². The predicted octanol–water partition coefficient (Wildman–Crippen LogP) is 2.31. The van der Waals surface area contributed by atoms with Crippen LogP contribution in [0.2, 0.25) is 0 Å². The second-order valence-electron chi connectivity index (χ2n) is 6.08. The zero-order chi connectivity index (χ0) is 16.7. The molecule has 1 saturated heterocycles. The number of fused-ring (bicyclic) bond motifs is 1. The topological polar surface area (TPSA) is 71.9 Å². The van der Waals surface area contributed by atoms with Gasteiger partial charge in [0.05, 0.1) is 36.5 Å². The Kier molecular flexibility index (Phi) is 3.57. The first-order chi connectivity index (χ1) is 11.6. The molecule has 1 fully saturated rings. The first-order valence-corrected chi connectivity index (χ1v) is 7.78. The lowest BCUT2D eigenvalue weighted by atomic mass is 10.1. The van der Waals surface area contributed by atoms with Gasteiger partial charge in [0.2, 0.25) is 0 Å². The van der Waals surface area contributed by atoms with Crippen molar-refractivity contribution in [1.82, 2.24) is 20.1 Å². The summed E-state index contributed by atoms with van der Waals surface area (Å²) in [6.07, 6.45) is 3.24. The maximum absolute atomic E-state index is 14.1. The van der Waals surface area contributed by atoms with Crippen LogP contribution >= 0.6 is 0 Å². The van der Waals surface area contributed by atoms with Crippen LogP contribution in [0.4, 0.5) is 4.39 Å². The summed E-state index contributed by atoms with van der Waals surface area (Å²) in [4.78, 5) is 15.2. The normalized spacial score (nSPS) is 14.8. The van der Waals surface area contributed by atoms with Crippen LogP contribution in [0.3, 0.4) is 0 Å². The molecule has 0 bridgehead atoms. The number of aromatic nitrogens is 3. The smallest absolute Gasteiger partial charge is 0.254 e. The Bertz CT molecular complexity index is 911. The number of hydrogen-bond acceptors (Lipinski definition) is 3. The molecule has 124 valence electrons. The Morgan fingerprint density at radius 3 is 3.04 bits per heavy atom. The summed E-state index contributed by atoms with van der Waals surface area (Å²) in [5.41, 5.74) is 2.59. The van der Waals surface area contributed by atoms with E-state index >= 15 is 0 Å². The van der Waals surface area contributed by atoms with Crippen molar-refractivity contribution in [3.8, 4) is 0 Å². The van der Waals surface area contributed by atoms with Crippen molar-refractivity contribution in [3.05, 3.63) is 53.2 Å². The van der Waals surface area contributed by atoms with Gasteiger partial charge in [0, 0.05) is 23.8 Å². The average molecular weight is 328 g/mol. The highest BCUT2D eigenvalue weighted by molar-refractivity contribution is 5.93. The molecule has 2 N–H and O–H groups in total. The zero-order valence-electron chi connectivity index (χ0n) is 13.2. The number of amides is 1. The highest BCUT2D eigenvalue weighted by Crippen LogP contribution is 2.21. The summed E-state index contributed by atoms with van der Waals surface area (Å²) >= 11 is 0. The average Bonchev–Trinajstić information content (AvgIpc) is 3.09. The first-order valence-electron chi connectivity index (χ1n) is 7.78. The second-order valence-corrected chi connectivity index (χ2v) is 6.08. The molecule has 0 atom stereocenters. The summed E-state index contributed by atoms with van der Waals surface area (Å²) in [5.74, 6) is -0.546. The molecule has 0 saturated carbocycles. The third-order valence-electron chi connectivity index (χ3n) is 4.19. The number of aryl methyl sites for hydroxylation is 1. The van der Waals surface area contributed by atoms with Crippen LogP contribution in [-0.4, -0.2) is 33.9 Å². The first kappa shape index (κ1) is 14.9. The van der Waals surface area contributed by atoms with Gasteiger partial charge in [-0.3, -0.25) is 9.48 Å². The summed E-state index contributed by atoms with van der Waals surface area (Å²) in [6.45, 7) is 3.38. The fourth-order valence-electron chi connectivity index (χ4n) is 2.82. The lowest BCUT2D eigenvalue weighted by Gasteiger charge is -2.25. The molecule has 1 aliphatic heterocycles. The molecule has 6 nitrogen and oxygen atoms in total. The van der Waals surface area contributed by atoms with Gasteiger partial charge in [0.1, 0.15) is 5.82 Å². The minimum atomic E-state index is -0.317. The van der Waals surface area contributed by atoms with Gasteiger partial charge in [-0.15, -0.1) is 0 Å². The lowest BCUT2D eigenvalue weighted by Crippen LogP contribution is -2.31. The molecule has 0 radical (unpaired) electrons. The summed E-state index contributed by atoms with van der Waals surface area (Å²) in [5, 5.41) is 7.79. The molecule has 24 heavy (non-hydrogen) atoms. The number of ether oxygens (including phenoxy) is 1. The fourth-order valence-corrected chi connectivity index (χ4v) is 2.82. The molecular weight excluding hydrogens is 311 g/mol. The van der Waals surface area contributed by atoms with E-state index in [9.17, 15) is 9.18 Å². The predicted molar refractivity (Wildman–Crippen MR) is 86.2 cm³/mol. The van der Waals surface area contributed by atoms with Crippen LogP contribution in [0.5, 0.6) is 0 Å². The quantitative estimate of drug-likeness (QED) is 0.772. The van der Waals surface area contributed by atoms with Crippen LogP contribution in [-0.2, 0) is 11.3 Å². The van der Waals surface area contributed by atoms with Crippen molar-refractivity contribution in [3.63, 3.8) is 0 Å². The molecule has 7 heteroatoms. The second kappa shape index (κ2) is 5.76. The van der Waals surface area contributed by atoms with E-state index in [2.05, 4.69) is 15.4 Å². The summed E-state index contributed by atoms with van der Waals surface area (Å²) in [6, 6.07) is 5.40. The van der Waals surface area contributed by atoms with E-state index in [4.69, 9.17) is 4.74 Å². The monoisotopic (exact) mass is 328 g/mol. The van der Waals surface area contributed by atoms with Crippen molar-refractivity contribution < 1.29 is 13.9 Å². The number of hydrogen-bond donors (Lipinski definition) is 2. The maximum atomic E-state index is 14.1.